The molecule has 1 aromatic heterocycles. The first-order valence-corrected chi connectivity index (χ1v) is 5.83. The zero-order chi connectivity index (χ0) is 12.4. The summed E-state index contributed by atoms with van der Waals surface area (Å²) in [4.78, 5) is 17.9. The molecule has 0 spiro atoms. The predicted octanol–water partition coefficient (Wildman–Crippen LogP) is 0.287. The number of amides is 1. The fraction of sp³-hybridized carbons (Fsp3) is 0.500. The van der Waals surface area contributed by atoms with E-state index in [1.807, 2.05) is 6.92 Å². The lowest BCUT2D eigenvalue weighted by Gasteiger charge is -2.33. The molecule has 0 aliphatic carbocycles. The molecule has 3 N–H and O–H groups in total. The Bertz CT molecular complexity index is 433. The zero-order valence-corrected chi connectivity index (χ0v) is 10.2. The van der Waals surface area contributed by atoms with Crippen molar-refractivity contribution < 1.29 is 4.79 Å². The van der Waals surface area contributed by atoms with E-state index in [4.69, 9.17) is 5.73 Å². The number of pyridine rings is 1. The summed E-state index contributed by atoms with van der Waals surface area (Å²) in [5, 5.41) is 3.37. The van der Waals surface area contributed by atoms with Gasteiger partial charge in [-0.15, -0.1) is 0 Å². The molecule has 1 aromatic rings. The minimum Gasteiger partial charge on any atom is -0.366 e. The first-order valence-electron chi connectivity index (χ1n) is 5.83. The maximum Gasteiger partial charge on any atom is 0.248 e. The third-order valence-electron chi connectivity index (χ3n) is 2.92. The number of rotatable bonds is 2. The summed E-state index contributed by atoms with van der Waals surface area (Å²) in [7, 11) is 0. The van der Waals surface area contributed by atoms with Crippen molar-refractivity contribution in [2.24, 2.45) is 5.73 Å². The molecule has 1 atom stereocenters. The zero-order valence-electron chi connectivity index (χ0n) is 10.2. The fourth-order valence-electron chi connectivity index (χ4n) is 2.10. The van der Waals surface area contributed by atoms with Crippen molar-refractivity contribution >= 4 is 11.7 Å². The molecule has 1 aliphatic heterocycles. The number of primary amides is 1. The number of nitrogens with two attached hydrogens (primary N) is 1. The van der Waals surface area contributed by atoms with Crippen molar-refractivity contribution in [3.8, 4) is 0 Å². The van der Waals surface area contributed by atoms with Crippen LogP contribution in [0.5, 0.6) is 0 Å². The molecule has 5 heteroatoms. The number of carbonyl (C=O) groups excluding carboxylic acids is 1. The van der Waals surface area contributed by atoms with Crippen LogP contribution in [0.2, 0.25) is 0 Å². The van der Waals surface area contributed by atoms with Crippen molar-refractivity contribution in [2.75, 3.05) is 24.5 Å². The normalized spacial score (nSPS) is 20.4. The van der Waals surface area contributed by atoms with Crippen molar-refractivity contribution in [3.05, 3.63) is 23.4 Å². The average molecular weight is 234 g/mol. The quantitative estimate of drug-likeness (QED) is 0.771. The monoisotopic (exact) mass is 234 g/mol. The van der Waals surface area contributed by atoms with Crippen molar-refractivity contribution in [3.63, 3.8) is 0 Å². The van der Waals surface area contributed by atoms with Crippen LogP contribution in [0.15, 0.2) is 12.1 Å². The van der Waals surface area contributed by atoms with E-state index < -0.39 is 5.91 Å². The molecule has 0 bridgehead atoms. The molecule has 1 fully saturated rings. The Morgan fingerprint density at radius 3 is 3.00 bits per heavy atom. The van der Waals surface area contributed by atoms with E-state index in [0.717, 1.165) is 31.1 Å². The Balaban J connectivity index is 2.28. The van der Waals surface area contributed by atoms with Gasteiger partial charge in [0.15, 0.2) is 0 Å². The number of hydrogen-bond donors (Lipinski definition) is 2. The molecule has 1 saturated heterocycles. The number of aryl methyl sites for hydroxylation is 1. The van der Waals surface area contributed by atoms with E-state index in [-0.39, 0.29) is 0 Å². The third-order valence-corrected chi connectivity index (χ3v) is 2.92. The molecule has 0 aromatic carbocycles. The largest absolute Gasteiger partial charge is 0.366 e. The molecule has 0 saturated carbocycles. The van der Waals surface area contributed by atoms with E-state index in [2.05, 4.69) is 22.1 Å². The lowest BCUT2D eigenvalue weighted by atomic mass is 10.2. The summed E-state index contributed by atoms with van der Waals surface area (Å²) in [6.45, 7) is 6.74. The summed E-state index contributed by atoms with van der Waals surface area (Å²) < 4.78 is 0. The molecule has 0 radical (unpaired) electrons. The van der Waals surface area contributed by atoms with Gasteiger partial charge in [0.1, 0.15) is 5.82 Å². The summed E-state index contributed by atoms with van der Waals surface area (Å²) in [5.41, 5.74) is 6.66. The summed E-state index contributed by atoms with van der Waals surface area (Å²) >= 11 is 0. The van der Waals surface area contributed by atoms with Crippen LogP contribution in [0.3, 0.4) is 0 Å². The fourth-order valence-corrected chi connectivity index (χ4v) is 2.10. The van der Waals surface area contributed by atoms with Gasteiger partial charge in [0, 0.05) is 36.9 Å². The molecule has 1 aliphatic rings. The van der Waals surface area contributed by atoms with Gasteiger partial charge in [-0.05, 0) is 26.0 Å². The van der Waals surface area contributed by atoms with Crippen molar-refractivity contribution in [1.29, 1.82) is 0 Å². The Hall–Kier alpha value is -1.62. The van der Waals surface area contributed by atoms with E-state index in [0.29, 0.717) is 11.6 Å². The Labute approximate surface area is 101 Å². The minimum absolute atomic E-state index is 0.403. The van der Waals surface area contributed by atoms with Crippen LogP contribution in [0, 0.1) is 6.92 Å². The van der Waals surface area contributed by atoms with Crippen LogP contribution in [0.4, 0.5) is 5.82 Å². The summed E-state index contributed by atoms with van der Waals surface area (Å²) in [5.74, 6) is 0.437. The lowest BCUT2D eigenvalue weighted by molar-refractivity contribution is 0.1000. The number of carbonyl (C=O) groups is 1. The standard InChI is InChI=1S/C12H18N4O/c1-8-5-10(12(13)17)6-11(15-8)16-4-3-14-9(2)7-16/h5-6,9,14H,3-4,7H2,1-2H3,(H2,13,17)/t9-/m0/s1. The molecular weight excluding hydrogens is 216 g/mol. The van der Waals surface area contributed by atoms with Gasteiger partial charge in [-0.3, -0.25) is 4.79 Å². The topological polar surface area (TPSA) is 71.2 Å². The maximum absolute atomic E-state index is 11.2. The van der Waals surface area contributed by atoms with E-state index in [9.17, 15) is 4.79 Å². The Kier molecular flexibility index (Phi) is 3.28. The summed E-state index contributed by atoms with van der Waals surface area (Å²) in [6.07, 6.45) is 0. The van der Waals surface area contributed by atoms with Gasteiger partial charge >= 0.3 is 0 Å². The van der Waals surface area contributed by atoms with Gasteiger partial charge in [0.05, 0.1) is 0 Å². The van der Waals surface area contributed by atoms with E-state index in [1.165, 1.54) is 0 Å². The average Bonchev–Trinajstić information content (AvgIpc) is 2.28. The van der Waals surface area contributed by atoms with Gasteiger partial charge < -0.3 is 16.0 Å². The molecular formula is C12H18N4O. The van der Waals surface area contributed by atoms with Gasteiger partial charge in [-0.2, -0.15) is 0 Å². The number of hydrogen-bond acceptors (Lipinski definition) is 4. The van der Waals surface area contributed by atoms with Crippen LogP contribution < -0.4 is 16.0 Å². The molecule has 92 valence electrons. The minimum atomic E-state index is -0.403. The van der Waals surface area contributed by atoms with Crippen LogP contribution in [-0.4, -0.2) is 36.6 Å². The smallest absolute Gasteiger partial charge is 0.248 e. The third kappa shape index (κ3) is 2.74. The highest BCUT2D eigenvalue weighted by Gasteiger charge is 2.18. The van der Waals surface area contributed by atoms with Crippen LogP contribution in [0.25, 0.3) is 0 Å². The van der Waals surface area contributed by atoms with Crippen LogP contribution in [0.1, 0.15) is 23.0 Å². The van der Waals surface area contributed by atoms with Gasteiger partial charge in [-0.1, -0.05) is 0 Å². The maximum atomic E-state index is 11.2. The number of aromatic nitrogens is 1. The first-order chi connectivity index (χ1) is 8.06. The molecule has 2 rings (SSSR count). The highest BCUT2D eigenvalue weighted by atomic mass is 16.1. The second-order valence-corrected chi connectivity index (χ2v) is 4.52. The van der Waals surface area contributed by atoms with Gasteiger partial charge in [0.2, 0.25) is 5.91 Å². The lowest BCUT2D eigenvalue weighted by Crippen LogP contribution is -2.49. The van der Waals surface area contributed by atoms with E-state index in [1.54, 1.807) is 12.1 Å². The van der Waals surface area contributed by atoms with Crippen LogP contribution in [-0.2, 0) is 0 Å². The molecule has 17 heavy (non-hydrogen) atoms. The number of nitrogens with zero attached hydrogens (tertiary/aromatic N) is 2. The van der Waals surface area contributed by atoms with Crippen LogP contribution >= 0.6 is 0 Å². The highest BCUT2D eigenvalue weighted by molar-refractivity contribution is 5.93. The number of piperazine rings is 1. The van der Waals surface area contributed by atoms with E-state index >= 15 is 0 Å². The Morgan fingerprint density at radius 1 is 1.59 bits per heavy atom. The second-order valence-electron chi connectivity index (χ2n) is 4.52. The van der Waals surface area contributed by atoms with Gasteiger partial charge in [0.25, 0.3) is 0 Å². The SMILES string of the molecule is Cc1cc(C(N)=O)cc(N2CCN[C@@H](C)C2)n1. The first kappa shape index (κ1) is 11.9. The molecule has 2 heterocycles. The molecule has 5 nitrogen and oxygen atoms in total. The summed E-state index contributed by atoms with van der Waals surface area (Å²) in [6, 6.07) is 3.92. The number of nitrogens with one attached hydrogen (secondary N) is 1. The molecule has 1 amide bonds. The highest BCUT2D eigenvalue weighted by Crippen LogP contribution is 2.16. The second kappa shape index (κ2) is 4.71. The van der Waals surface area contributed by atoms with Crippen molar-refractivity contribution in [2.45, 2.75) is 19.9 Å². The van der Waals surface area contributed by atoms with Crippen molar-refractivity contribution in [1.82, 2.24) is 10.3 Å². The van der Waals surface area contributed by atoms with Gasteiger partial charge in [-0.25, -0.2) is 4.98 Å². The Morgan fingerprint density at radius 2 is 2.35 bits per heavy atom. The molecule has 0 unspecified atom stereocenters. The number of anilines is 1. The predicted molar refractivity (Wildman–Crippen MR) is 67.2 cm³/mol.